The molecule has 0 saturated carbocycles. The largest absolute Gasteiger partial charge is 0.376 e. The van der Waals surface area contributed by atoms with Gasteiger partial charge in [0.1, 0.15) is 0 Å². The van der Waals surface area contributed by atoms with Crippen molar-refractivity contribution in [1.29, 1.82) is 0 Å². The molecule has 2 saturated heterocycles. The molecule has 3 heterocycles. The van der Waals surface area contributed by atoms with E-state index in [1.807, 2.05) is 24.1 Å². The number of hydrogen-bond donors (Lipinski definition) is 0. The van der Waals surface area contributed by atoms with Gasteiger partial charge in [0, 0.05) is 30.3 Å². The second-order valence-corrected chi connectivity index (χ2v) is 7.47. The Morgan fingerprint density at radius 1 is 1.45 bits per heavy atom. The zero-order chi connectivity index (χ0) is 13.9. The summed E-state index contributed by atoms with van der Waals surface area (Å²) in [6.45, 7) is 3.64. The fraction of sp³-hybridized carbons (Fsp3) is 0.667. The van der Waals surface area contributed by atoms with Gasteiger partial charge in [0.15, 0.2) is 0 Å². The van der Waals surface area contributed by atoms with Crippen LogP contribution in [0.3, 0.4) is 0 Å². The van der Waals surface area contributed by atoms with E-state index in [4.69, 9.17) is 4.74 Å². The molecule has 2 aliphatic rings. The highest BCUT2D eigenvalue weighted by Crippen LogP contribution is 2.27. The minimum Gasteiger partial charge on any atom is -0.376 e. The third kappa shape index (κ3) is 3.05. The molecule has 0 aliphatic carbocycles. The number of nitrogens with zero attached hydrogens (tertiary/aromatic N) is 1. The molecule has 20 heavy (non-hydrogen) atoms. The summed E-state index contributed by atoms with van der Waals surface area (Å²) in [5.74, 6) is 2.44. The van der Waals surface area contributed by atoms with Crippen LogP contribution in [-0.4, -0.2) is 47.6 Å². The predicted octanol–water partition coefficient (Wildman–Crippen LogP) is 3.18. The fourth-order valence-electron chi connectivity index (χ4n) is 2.91. The molecule has 1 aromatic heterocycles. The van der Waals surface area contributed by atoms with Gasteiger partial charge >= 0.3 is 0 Å². The predicted molar refractivity (Wildman–Crippen MR) is 84.8 cm³/mol. The molecule has 0 unspecified atom stereocenters. The number of aryl methyl sites for hydroxylation is 1. The van der Waals surface area contributed by atoms with Crippen LogP contribution in [0.25, 0.3) is 0 Å². The highest BCUT2D eigenvalue weighted by molar-refractivity contribution is 7.99. The first-order valence-corrected chi connectivity index (χ1v) is 9.38. The van der Waals surface area contributed by atoms with Crippen LogP contribution < -0.4 is 0 Å². The van der Waals surface area contributed by atoms with Crippen molar-refractivity contribution in [2.45, 2.75) is 38.3 Å². The van der Waals surface area contributed by atoms with Crippen molar-refractivity contribution in [3.8, 4) is 0 Å². The number of thioether (sulfide) groups is 1. The maximum atomic E-state index is 12.9. The van der Waals surface area contributed by atoms with Gasteiger partial charge in [-0.15, -0.1) is 0 Å². The molecular formula is C15H21NO2S2. The maximum Gasteiger partial charge on any atom is 0.255 e. The molecule has 1 amide bonds. The average Bonchev–Trinajstić information content (AvgIpc) is 3.17. The summed E-state index contributed by atoms with van der Waals surface area (Å²) in [4.78, 5) is 15.0. The third-order valence-corrected chi connectivity index (χ3v) is 6.12. The molecule has 0 aromatic carbocycles. The monoisotopic (exact) mass is 311 g/mol. The lowest BCUT2D eigenvalue weighted by Crippen LogP contribution is -2.44. The Kier molecular flexibility index (Phi) is 4.68. The molecule has 0 spiro atoms. The Labute approximate surface area is 128 Å². The van der Waals surface area contributed by atoms with Crippen LogP contribution in [0.2, 0.25) is 0 Å². The van der Waals surface area contributed by atoms with Gasteiger partial charge in [0.05, 0.1) is 11.7 Å². The topological polar surface area (TPSA) is 29.5 Å². The van der Waals surface area contributed by atoms with Crippen LogP contribution >= 0.6 is 23.1 Å². The Bertz CT molecular complexity index is 462. The van der Waals surface area contributed by atoms with E-state index in [-0.39, 0.29) is 12.0 Å². The summed E-state index contributed by atoms with van der Waals surface area (Å²) in [5.41, 5.74) is 1.98. The molecule has 2 aliphatic heterocycles. The lowest BCUT2D eigenvalue weighted by Gasteiger charge is -2.30. The van der Waals surface area contributed by atoms with Gasteiger partial charge in [-0.25, -0.2) is 0 Å². The van der Waals surface area contributed by atoms with Gasteiger partial charge < -0.3 is 9.64 Å². The summed E-state index contributed by atoms with van der Waals surface area (Å²) < 4.78 is 5.74. The number of ether oxygens (including phenoxy) is 1. The summed E-state index contributed by atoms with van der Waals surface area (Å²) in [6.07, 6.45) is 3.57. The third-order valence-electron chi connectivity index (χ3n) is 4.12. The molecular weight excluding hydrogens is 290 g/mol. The highest BCUT2D eigenvalue weighted by Gasteiger charge is 2.31. The normalized spacial score (nSPS) is 26.1. The smallest absolute Gasteiger partial charge is 0.255 e. The van der Waals surface area contributed by atoms with Crippen molar-refractivity contribution in [3.05, 3.63) is 21.9 Å². The van der Waals surface area contributed by atoms with Gasteiger partial charge in [-0.1, -0.05) is 0 Å². The molecule has 3 nitrogen and oxygen atoms in total. The maximum absolute atomic E-state index is 12.9. The molecule has 0 radical (unpaired) electrons. The number of carbonyl (C=O) groups excluding carboxylic acids is 1. The molecule has 5 heteroatoms. The van der Waals surface area contributed by atoms with Crippen LogP contribution in [-0.2, 0) is 4.74 Å². The summed E-state index contributed by atoms with van der Waals surface area (Å²) in [7, 11) is 0. The lowest BCUT2D eigenvalue weighted by atomic mass is 10.1. The van der Waals surface area contributed by atoms with Crippen LogP contribution in [0.15, 0.2) is 10.8 Å². The van der Waals surface area contributed by atoms with Crippen molar-refractivity contribution in [2.24, 2.45) is 0 Å². The number of rotatable bonds is 4. The fourth-order valence-corrected chi connectivity index (χ4v) is 4.95. The van der Waals surface area contributed by atoms with E-state index < -0.39 is 0 Å². The van der Waals surface area contributed by atoms with Gasteiger partial charge in [-0.2, -0.15) is 23.1 Å². The minimum atomic E-state index is 0.201. The molecule has 2 atom stereocenters. The van der Waals surface area contributed by atoms with Gasteiger partial charge in [-0.05, 0) is 42.9 Å². The Morgan fingerprint density at radius 2 is 2.35 bits per heavy atom. The standard InChI is InChI=1S/C15H21NO2S2/c1-11-8-20-10-14(11)15(17)16(12-4-6-19-9-12)7-13-3-2-5-18-13/h8,10,12-13H,2-7,9H2,1H3/t12-,13+/m1/s1. The Morgan fingerprint density at radius 3 is 2.95 bits per heavy atom. The van der Waals surface area contributed by atoms with Crippen molar-refractivity contribution in [2.75, 3.05) is 24.7 Å². The van der Waals surface area contributed by atoms with E-state index in [0.717, 1.165) is 49.3 Å². The van der Waals surface area contributed by atoms with Crippen LogP contribution in [0.5, 0.6) is 0 Å². The van der Waals surface area contributed by atoms with Crippen LogP contribution in [0, 0.1) is 6.92 Å². The summed E-state index contributed by atoms with van der Waals surface area (Å²) in [6, 6.07) is 0.385. The van der Waals surface area contributed by atoms with E-state index in [1.54, 1.807) is 11.3 Å². The first-order chi connectivity index (χ1) is 9.75. The molecule has 3 rings (SSSR count). The number of thiophene rings is 1. The van der Waals surface area contributed by atoms with Gasteiger partial charge in [0.2, 0.25) is 0 Å². The number of amides is 1. The van der Waals surface area contributed by atoms with E-state index in [2.05, 4.69) is 10.3 Å². The quantitative estimate of drug-likeness (QED) is 0.855. The van der Waals surface area contributed by atoms with E-state index in [1.165, 1.54) is 5.75 Å². The van der Waals surface area contributed by atoms with Gasteiger partial charge in [0.25, 0.3) is 5.91 Å². The Balaban J connectivity index is 1.76. The molecule has 110 valence electrons. The van der Waals surface area contributed by atoms with E-state index in [0.29, 0.717) is 6.04 Å². The van der Waals surface area contributed by atoms with Crippen molar-refractivity contribution < 1.29 is 9.53 Å². The van der Waals surface area contributed by atoms with Crippen molar-refractivity contribution >= 4 is 29.0 Å². The Hall–Kier alpha value is -0.520. The van der Waals surface area contributed by atoms with Crippen LogP contribution in [0.1, 0.15) is 35.2 Å². The van der Waals surface area contributed by atoms with Gasteiger partial charge in [-0.3, -0.25) is 4.79 Å². The van der Waals surface area contributed by atoms with Crippen LogP contribution in [0.4, 0.5) is 0 Å². The first-order valence-electron chi connectivity index (χ1n) is 7.29. The first kappa shape index (κ1) is 14.4. The number of carbonyl (C=O) groups is 1. The molecule has 0 N–H and O–H groups in total. The minimum absolute atomic E-state index is 0.201. The molecule has 0 bridgehead atoms. The molecule has 2 fully saturated rings. The summed E-state index contributed by atoms with van der Waals surface area (Å²) in [5, 5.41) is 4.04. The highest BCUT2D eigenvalue weighted by atomic mass is 32.2. The zero-order valence-electron chi connectivity index (χ0n) is 11.8. The summed E-state index contributed by atoms with van der Waals surface area (Å²) >= 11 is 3.57. The van der Waals surface area contributed by atoms with E-state index >= 15 is 0 Å². The second-order valence-electron chi connectivity index (χ2n) is 5.58. The van der Waals surface area contributed by atoms with Crippen molar-refractivity contribution in [1.82, 2.24) is 4.90 Å². The zero-order valence-corrected chi connectivity index (χ0v) is 13.5. The average molecular weight is 311 g/mol. The second kappa shape index (κ2) is 6.50. The SMILES string of the molecule is Cc1cscc1C(=O)N(C[C@@H]1CCCO1)[C@@H]1CCSC1. The number of hydrogen-bond acceptors (Lipinski definition) is 4. The van der Waals surface area contributed by atoms with Crippen molar-refractivity contribution in [3.63, 3.8) is 0 Å². The van der Waals surface area contributed by atoms with E-state index in [9.17, 15) is 4.79 Å². The lowest BCUT2D eigenvalue weighted by molar-refractivity contribution is 0.0441. The molecule has 1 aromatic rings.